The van der Waals surface area contributed by atoms with Gasteiger partial charge in [0.05, 0.1) is 18.9 Å². The summed E-state index contributed by atoms with van der Waals surface area (Å²) in [5.74, 6) is 0.582. The maximum Gasteiger partial charge on any atom is 0.228 e. The molecule has 4 nitrogen and oxygen atoms in total. The van der Waals surface area contributed by atoms with Crippen LogP contribution in [-0.2, 0) is 17.8 Å². The molecule has 1 amide bonds. The quantitative estimate of drug-likeness (QED) is 0.159. The van der Waals surface area contributed by atoms with Gasteiger partial charge in [0.25, 0.3) is 0 Å². The summed E-state index contributed by atoms with van der Waals surface area (Å²) in [4.78, 5) is 14.9. The molecular weight excluding hydrogens is 575 g/mol. The first kappa shape index (κ1) is 33.2. The second-order valence-corrected chi connectivity index (χ2v) is 11.1. The molecule has 0 atom stereocenters. The Morgan fingerprint density at radius 2 is 1.56 bits per heavy atom. The van der Waals surface area contributed by atoms with E-state index in [0.717, 1.165) is 31.0 Å². The van der Waals surface area contributed by atoms with E-state index in [4.69, 9.17) is 4.74 Å². The summed E-state index contributed by atoms with van der Waals surface area (Å²) in [6, 6.07) is 12.7. The van der Waals surface area contributed by atoms with E-state index in [1.165, 1.54) is 75.8 Å². The molecule has 0 spiro atoms. The van der Waals surface area contributed by atoms with Gasteiger partial charge in [-0.15, -0.1) is 28.7 Å². The number of unbranched alkanes of at least 4 members (excludes halogenated alkanes) is 11. The van der Waals surface area contributed by atoms with Crippen molar-refractivity contribution in [1.82, 2.24) is 4.90 Å². The molecule has 0 aromatic heterocycles. The first-order valence-electron chi connectivity index (χ1n) is 14.5. The van der Waals surface area contributed by atoms with Gasteiger partial charge in [-0.25, -0.2) is 4.39 Å². The number of anilines is 1. The maximum atomic E-state index is 14.5. The number of nitrogens with one attached hydrogen (secondary N) is 1. The zero-order chi connectivity index (χ0) is 26.8. The zero-order valence-corrected chi connectivity index (χ0v) is 26.0. The van der Waals surface area contributed by atoms with Crippen LogP contribution in [0, 0.1) is 5.82 Å². The zero-order valence-electron chi connectivity index (χ0n) is 23.5. The average molecular weight is 622 g/mol. The Kier molecular flexibility index (Phi) is 17.0. The van der Waals surface area contributed by atoms with Gasteiger partial charge in [0, 0.05) is 24.0 Å². The lowest BCUT2D eigenvalue weighted by atomic mass is 10.1. The third-order valence-electron chi connectivity index (χ3n) is 6.88. The number of benzene rings is 2. The highest BCUT2D eigenvalue weighted by molar-refractivity contribution is 8.93. The molecule has 0 bridgehead atoms. The lowest BCUT2D eigenvalue weighted by Gasteiger charge is -2.15. The molecule has 216 valence electrons. The van der Waals surface area contributed by atoms with E-state index in [2.05, 4.69) is 28.7 Å². The molecule has 2 aromatic carbocycles. The van der Waals surface area contributed by atoms with Crippen molar-refractivity contribution >= 4 is 40.3 Å². The lowest BCUT2D eigenvalue weighted by Crippen LogP contribution is -2.16. The Morgan fingerprint density at radius 3 is 2.18 bits per heavy atom. The molecule has 1 aliphatic heterocycles. The standard InChI is InChI=1S/C32H45FN2O2S.BrH/c1-2-3-4-5-6-7-8-9-10-11-12-13-22-37-32-28(15-14-16-30(32)33)24-31(36)34-29-19-17-27(18-20-29)25-35-21-23-38-26-35;/h14-21,23H,2-13,22,24-26H2,1H3,(H,34,36);1H. The van der Waals surface area contributed by atoms with Gasteiger partial charge in [0.1, 0.15) is 0 Å². The molecule has 0 unspecified atom stereocenters. The van der Waals surface area contributed by atoms with Crippen molar-refractivity contribution in [3.05, 3.63) is 71.0 Å². The van der Waals surface area contributed by atoms with Crippen LogP contribution in [0.2, 0.25) is 0 Å². The van der Waals surface area contributed by atoms with Gasteiger partial charge < -0.3 is 15.0 Å². The van der Waals surface area contributed by atoms with Gasteiger partial charge in [-0.3, -0.25) is 4.79 Å². The Bertz CT molecular complexity index is 987. The Labute approximate surface area is 249 Å². The fourth-order valence-electron chi connectivity index (χ4n) is 4.69. The van der Waals surface area contributed by atoms with Crippen molar-refractivity contribution < 1.29 is 13.9 Å². The maximum absolute atomic E-state index is 14.5. The number of hydrogen-bond donors (Lipinski definition) is 1. The molecular formula is C32H46BrFN2O2S. The van der Waals surface area contributed by atoms with Crippen LogP contribution >= 0.6 is 28.7 Å². The molecule has 1 aliphatic rings. The summed E-state index contributed by atoms with van der Waals surface area (Å²) < 4.78 is 20.3. The molecule has 0 fully saturated rings. The number of rotatable bonds is 19. The van der Waals surface area contributed by atoms with Gasteiger partial charge in [-0.05, 0) is 35.6 Å². The molecule has 0 radical (unpaired) electrons. The smallest absolute Gasteiger partial charge is 0.228 e. The van der Waals surface area contributed by atoms with Crippen LogP contribution in [0.1, 0.15) is 95.1 Å². The van der Waals surface area contributed by atoms with E-state index in [1.807, 2.05) is 24.3 Å². The monoisotopic (exact) mass is 620 g/mol. The summed E-state index contributed by atoms with van der Waals surface area (Å²) in [5.41, 5.74) is 2.51. The summed E-state index contributed by atoms with van der Waals surface area (Å²) in [7, 11) is 0. The van der Waals surface area contributed by atoms with Crippen LogP contribution in [0.5, 0.6) is 5.75 Å². The minimum absolute atomic E-state index is 0. The van der Waals surface area contributed by atoms with E-state index in [9.17, 15) is 9.18 Å². The number of para-hydroxylation sites is 1. The van der Waals surface area contributed by atoms with E-state index in [-0.39, 0.29) is 35.1 Å². The van der Waals surface area contributed by atoms with Crippen LogP contribution in [0.3, 0.4) is 0 Å². The van der Waals surface area contributed by atoms with Gasteiger partial charge in [0.15, 0.2) is 11.6 Å². The van der Waals surface area contributed by atoms with Crippen LogP contribution in [0.4, 0.5) is 10.1 Å². The predicted octanol–water partition coefficient (Wildman–Crippen LogP) is 9.64. The minimum atomic E-state index is -0.410. The fraction of sp³-hybridized carbons (Fsp3) is 0.531. The predicted molar refractivity (Wildman–Crippen MR) is 169 cm³/mol. The number of amides is 1. The first-order valence-corrected chi connectivity index (χ1v) is 15.5. The second-order valence-electron chi connectivity index (χ2n) is 10.2. The van der Waals surface area contributed by atoms with Crippen LogP contribution in [0.25, 0.3) is 0 Å². The molecule has 0 aliphatic carbocycles. The molecule has 1 heterocycles. The van der Waals surface area contributed by atoms with Crippen molar-refractivity contribution in [1.29, 1.82) is 0 Å². The fourth-order valence-corrected chi connectivity index (χ4v) is 5.40. The van der Waals surface area contributed by atoms with Crippen LogP contribution in [-0.4, -0.2) is 23.3 Å². The molecule has 2 aromatic rings. The van der Waals surface area contributed by atoms with E-state index in [1.54, 1.807) is 23.9 Å². The number of halogens is 2. The lowest BCUT2D eigenvalue weighted by molar-refractivity contribution is -0.115. The SMILES string of the molecule is Br.CCCCCCCCCCCCCCOc1c(F)cccc1CC(=O)Nc1ccc(CN2C=CSC2)cc1. The van der Waals surface area contributed by atoms with Crippen molar-refractivity contribution in [3.63, 3.8) is 0 Å². The van der Waals surface area contributed by atoms with Crippen molar-refractivity contribution in [2.24, 2.45) is 0 Å². The number of carbonyl (C=O) groups is 1. The minimum Gasteiger partial charge on any atom is -0.490 e. The Hall–Kier alpha value is -1.99. The Morgan fingerprint density at radius 1 is 0.923 bits per heavy atom. The number of thioether (sulfide) groups is 1. The van der Waals surface area contributed by atoms with E-state index >= 15 is 0 Å². The Balaban J connectivity index is 0.00000533. The summed E-state index contributed by atoms with van der Waals surface area (Å²) in [6.07, 6.45) is 17.4. The summed E-state index contributed by atoms with van der Waals surface area (Å²) in [5, 5.41) is 5.02. The normalized spacial score (nSPS) is 12.4. The molecule has 0 saturated heterocycles. The summed E-state index contributed by atoms with van der Waals surface area (Å²) in [6.45, 7) is 3.58. The number of nitrogens with zero attached hydrogens (tertiary/aromatic N) is 1. The molecule has 0 saturated carbocycles. The third kappa shape index (κ3) is 13.3. The molecule has 3 rings (SSSR count). The van der Waals surface area contributed by atoms with Gasteiger partial charge in [-0.2, -0.15) is 0 Å². The highest BCUT2D eigenvalue weighted by Crippen LogP contribution is 2.25. The van der Waals surface area contributed by atoms with E-state index in [0.29, 0.717) is 12.2 Å². The molecule has 39 heavy (non-hydrogen) atoms. The number of carbonyl (C=O) groups excluding carboxylic acids is 1. The average Bonchev–Trinajstić information content (AvgIpc) is 3.42. The second kappa shape index (κ2) is 20.0. The topological polar surface area (TPSA) is 41.6 Å². The van der Waals surface area contributed by atoms with Crippen LogP contribution in [0.15, 0.2) is 54.1 Å². The number of ether oxygens (including phenoxy) is 1. The van der Waals surface area contributed by atoms with Crippen molar-refractivity contribution in [2.75, 3.05) is 17.8 Å². The summed E-state index contributed by atoms with van der Waals surface area (Å²) >= 11 is 1.78. The van der Waals surface area contributed by atoms with Gasteiger partial charge >= 0.3 is 0 Å². The highest BCUT2D eigenvalue weighted by Gasteiger charge is 2.14. The van der Waals surface area contributed by atoms with Crippen LogP contribution < -0.4 is 10.1 Å². The molecule has 1 N–H and O–H groups in total. The number of hydrogen-bond acceptors (Lipinski definition) is 4. The van der Waals surface area contributed by atoms with Gasteiger partial charge in [-0.1, -0.05) is 102 Å². The highest BCUT2D eigenvalue weighted by atomic mass is 79.9. The van der Waals surface area contributed by atoms with E-state index < -0.39 is 5.82 Å². The first-order chi connectivity index (χ1) is 18.7. The van der Waals surface area contributed by atoms with Gasteiger partial charge in [0.2, 0.25) is 5.91 Å². The molecule has 7 heteroatoms. The largest absolute Gasteiger partial charge is 0.490 e. The van der Waals surface area contributed by atoms with Crippen molar-refractivity contribution in [2.45, 2.75) is 96.9 Å². The third-order valence-corrected chi connectivity index (χ3v) is 7.67. The van der Waals surface area contributed by atoms with Crippen molar-refractivity contribution in [3.8, 4) is 5.75 Å².